The van der Waals surface area contributed by atoms with Gasteiger partial charge in [0.2, 0.25) is 11.8 Å². The molecule has 0 bridgehead atoms. The van der Waals surface area contributed by atoms with E-state index in [0.717, 1.165) is 12.8 Å². The van der Waals surface area contributed by atoms with Crippen LogP contribution < -0.4 is 19.5 Å². The molecule has 2 heterocycles. The molecule has 12 nitrogen and oxygen atoms in total. The molecule has 1 saturated heterocycles. The van der Waals surface area contributed by atoms with Crippen LogP contribution in [0.4, 0.5) is 4.79 Å². The minimum absolute atomic E-state index is 0.0821. The van der Waals surface area contributed by atoms with Crippen molar-refractivity contribution in [1.29, 1.82) is 0 Å². The summed E-state index contributed by atoms with van der Waals surface area (Å²) in [5, 5.41) is 3.34. The summed E-state index contributed by atoms with van der Waals surface area (Å²) in [5.41, 5.74) is -0.793. The zero-order chi connectivity index (χ0) is 31.0. The third-order valence-corrected chi connectivity index (χ3v) is 7.20. The van der Waals surface area contributed by atoms with Gasteiger partial charge in [0.1, 0.15) is 29.6 Å². The van der Waals surface area contributed by atoms with Gasteiger partial charge in [-0.15, -0.1) is 0 Å². The minimum atomic E-state index is -0.976. The van der Waals surface area contributed by atoms with E-state index in [2.05, 4.69) is 5.32 Å². The number of methoxy groups -OCH3 is 3. The topological polar surface area (TPSA) is 138 Å². The van der Waals surface area contributed by atoms with Crippen LogP contribution in [0.1, 0.15) is 72.5 Å². The maximum Gasteiger partial charge on any atom is 0.408 e. The molecule has 1 aromatic carbocycles. The van der Waals surface area contributed by atoms with E-state index in [4.69, 9.17) is 33.7 Å². The molecule has 2 aliphatic rings. The second-order valence-electron chi connectivity index (χ2n) is 12.8. The van der Waals surface area contributed by atoms with Crippen LogP contribution in [0.15, 0.2) is 12.1 Å². The molecule has 1 aliphatic carbocycles. The molecular formula is C30H42N4O8. The average molecular weight is 587 g/mol. The number of benzene rings is 1. The maximum atomic E-state index is 14.0. The summed E-state index contributed by atoms with van der Waals surface area (Å²) in [4.78, 5) is 50.4. The number of hydrogen-bond acceptors (Lipinski definition) is 10. The van der Waals surface area contributed by atoms with Gasteiger partial charge in [-0.25, -0.2) is 14.6 Å². The van der Waals surface area contributed by atoms with E-state index in [1.165, 1.54) is 12.0 Å². The first-order valence-corrected chi connectivity index (χ1v) is 14.1. The van der Waals surface area contributed by atoms with Gasteiger partial charge in [-0.1, -0.05) is 20.8 Å². The van der Waals surface area contributed by atoms with Gasteiger partial charge in [-0.05, 0) is 45.1 Å². The quantitative estimate of drug-likeness (QED) is 0.452. The zero-order valence-corrected chi connectivity index (χ0v) is 25.9. The Morgan fingerprint density at radius 1 is 0.976 bits per heavy atom. The van der Waals surface area contributed by atoms with Crippen molar-refractivity contribution in [1.82, 2.24) is 20.2 Å². The molecule has 1 saturated carbocycles. The molecule has 2 aromatic rings. The number of alkyl carbamates (subject to hydrolysis) is 1. The lowest BCUT2D eigenvalue weighted by molar-refractivity contribution is -0.152. The normalized spacial score (nSPS) is 19.7. The molecule has 0 spiro atoms. The van der Waals surface area contributed by atoms with Crippen LogP contribution in [0.25, 0.3) is 10.9 Å². The van der Waals surface area contributed by atoms with Crippen LogP contribution in [0.3, 0.4) is 0 Å². The van der Waals surface area contributed by atoms with E-state index in [9.17, 15) is 14.4 Å². The monoisotopic (exact) mass is 586 g/mol. The van der Waals surface area contributed by atoms with E-state index >= 15 is 0 Å². The number of nitrogens with zero attached hydrogens (tertiary/aromatic N) is 3. The Morgan fingerprint density at radius 2 is 1.62 bits per heavy atom. The van der Waals surface area contributed by atoms with E-state index in [0.29, 0.717) is 34.1 Å². The maximum absolute atomic E-state index is 14.0. The van der Waals surface area contributed by atoms with Crippen LogP contribution in [0.2, 0.25) is 0 Å². The van der Waals surface area contributed by atoms with Crippen molar-refractivity contribution in [2.24, 2.45) is 5.41 Å². The average Bonchev–Trinajstić information content (AvgIpc) is 3.68. The minimum Gasteiger partial charge on any atom is -0.493 e. The Kier molecular flexibility index (Phi) is 8.75. The summed E-state index contributed by atoms with van der Waals surface area (Å²) in [6, 6.07) is 1.66. The molecule has 2 fully saturated rings. The number of nitrogens with one attached hydrogen (secondary N) is 1. The summed E-state index contributed by atoms with van der Waals surface area (Å²) in [5.74, 6) is 1.28. The van der Waals surface area contributed by atoms with Crippen LogP contribution >= 0.6 is 0 Å². The molecule has 1 N–H and O–H groups in total. The number of carbonyl (C=O) groups is 3. The number of amides is 2. The second kappa shape index (κ2) is 11.8. The molecule has 3 atom stereocenters. The third kappa shape index (κ3) is 6.96. The van der Waals surface area contributed by atoms with Crippen LogP contribution in [-0.4, -0.2) is 84.5 Å². The fourth-order valence-electron chi connectivity index (χ4n) is 4.94. The Morgan fingerprint density at radius 3 is 2.17 bits per heavy atom. The highest BCUT2D eigenvalue weighted by Gasteiger charge is 2.47. The molecule has 2 amide bonds. The fourth-order valence-corrected chi connectivity index (χ4v) is 4.94. The van der Waals surface area contributed by atoms with E-state index in [-0.39, 0.29) is 18.9 Å². The number of ether oxygens (including phenoxy) is 5. The molecule has 12 heteroatoms. The van der Waals surface area contributed by atoms with Gasteiger partial charge in [-0.2, -0.15) is 4.98 Å². The molecule has 230 valence electrons. The van der Waals surface area contributed by atoms with Crippen molar-refractivity contribution in [3.05, 3.63) is 18.0 Å². The molecule has 42 heavy (non-hydrogen) atoms. The Hall–Kier alpha value is -3.83. The van der Waals surface area contributed by atoms with Gasteiger partial charge in [0.25, 0.3) is 0 Å². The van der Waals surface area contributed by atoms with Crippen LogP contribution in [0.5, 0.6) is 17.4 Å². The van der Waals surface area contributed by atoms with E-state index in [1.54, 1.807) is 47.1 Å². The van der Waals surface area contributed by atoms with Gasteiger partial charge >= 0.3 is 12.1 Å². The lowest BCUT2D eigenvalue weighted by atomic mass is 9.85. The third-order valence-electron chi connectivity index (χ3n) is 7.20. The Labute approximate surface area is 246 Å². The van der Waals surface area contributed by atoms with Gasteiger partial charge in [0.05, 0.1) is 38.8 Å². The van der Waals surface area contributed by atoms with Crippen molar-refractivity contribution in [2.45, 2.75) is 90.5 Å². The number of aromatic nitrogens is 2. The molecule has 1 aliphatic heterocycles. The fraction of sp³-hybridized carbons (Fsp3) is 0.633. The highest BCUT2D eigenvalue weighted by molar-refractivity contribution is 5.91. The number of carbonyl (C=O) groups excluding carboxylic acids is 3. The first kappa shape index (κ1) is 31.1. The lowest BCUT2D eigenvalue weighted by Gasteiger charge is -2.35. The SMILES string of the molecule is COC(=O)C1C[C@@H](Oc2nc(C3CC3)nc3cc(OC)c(OC)cc23)CN1C(=O)[C@@H](NC(=O)OC(C)(C)C)C(C)(C)C. The number of likely N-dealkylation sites (tertiary alicyclic amines) is 1. The summed E-state index contributed by atoms with van der Waals surface area (Å²) < 4.78 is 27.9. The van der Waals surface area contributed by atoms with Crippen LogP contribution in [0, 0.1) is 5.41 Å². The second-order valence-corrected chi connectivity index (χ2v) is 12.8. The largest absolute Gasteiger partial charge is 0.493 e. The summed E-state index contributed by atoms with van der Waals surface area (Å²) in [7, 11) is 4.38. The number of hydrogen-bond donors (Lipinski definition) is 1. The number of esters is 1. The van der Waals surface area contributed by atoms with Crippen molar-refractivity contribution in [3.8, 4) is 17.4 Å². The first-order valence-electron chi connectivity index (χ1n) is 14.1. The highest BCUT2D eigenvalue weighted by atomic mass is 16.6. The smallest absolute Gasteiger partial charge is 0.408 e. The molecule has 4 rings (SSSR count). The van der Waals surface area contributed by atoms with E-state index < -0.39 is 47.2 Å². The summed E-state index contributed by atoms with van der Waals surface area (Å²) >= 11 is 0. The Bertz CT molecular complexity index is 1350. The lowest BCUT2D eigenvalue weighted by Crippen LogP contribution is -2.57. The van der Waals surface area contributed by atoms with Crippen LogP contribution in [-0.2, 0) is 19.1 Å². The summed E-state index contributed by atoms with van der Waals surface area (Å²) in [6.45, 7) is 10.8. The van der Waals surface area contributed by atoms with Gasteiger partial charge in [-0.3, -0.25) is 4.79 Å². The summed E-state index contributed by atoms with van der Waals surface area (Å²) in [6.07, 6.45) is 0.861. The molecule has 1 unspecified atom stereocenters. The van der Waals surface area contributed by atoms with Crippen molar-refractivity contribution >= 4 is 28.9 Å². The van der Waals surface area contributed by atoms with Crippen molar-refractivity contribution in [2.75, 3.05) is 27.9 Å². The predicted octanol–water partition coefficient (Wildman–Crippen LogP) is 3.99. The standard InChI is InChI=1S/C30H42N4O8/c1-29(2,3)23(32-28(37)42-30(4,5)6)26(35)34-15-17(12-20(34)27(36)40-9)41-25-18-13-21(38-7)22(39-8)14-19(18)31-24(33-25)16-10-11-16/h13-14,16-17,20,23H,10-12,15H2,1-9H3,(H,32,37)/t17-,20?,23-/m1/s1. The van der Waals surface area contributed by atoms with Gasteiger partial charge in [0.15, 0.2) is 11.5 Å². The first-order chi connectivity index (χ1) is 19.6. The van der Waals surface area contributed by atoms with Gasteiger partial charge < -0.3 is 33.9 Å². The molecular weight excluding hydrogens is 544 g/mol. The van der Waals surface area contributed by atoms with Gasteiger partial charge in [0, 0.05) is 18.4 Å². The molecule has 1 aromatic heterocycles. The molecule has 0 radical (unpaired) electrons. The number of rotatable bonds is 8. The highest BCUT2D eigenvalue weighted by Crippen LogP contribution is 2.42. The van der Waals surface area contributed by atoms with Crippen molar-refractivity contribution < 1.29 is 38.1 Å². The zero-order valence-electron chi connectivity index (χ0n) is 25.9. The van der Waals surface area contributed by atoms with E-state index in [1.807, 2.05) is 20.8 Å². The Balaban J connectivity index is 1.65. The van der Waals surface area contributed by atoms with Crippen molar-refractivity contribution in [3.63, 3.8) is 0 Å². The number of fused-ring (bicyclic) bond motifs is 1. The predicted molar refractivity (Wildman–Crippen MR) is 154 cm³/mol.